The number of rotatable bonds is 1. The van der Waals surface area contributed by atoms with Crippen LogP contribution in [0, 0.1) is 0 Å². The maximum atomic E-state index is 12.8. The molecule has 15 heavy (non-hydrogen) atoms. The Morgan fingerprint density at radius 1 is 1.33 bits per heavy atom. The Labute approximate surface area is 94.2 Å². The lowest BCUT2D eigenvalue weighted by molar-refractivity contribution is -0.125. The molecule has 0 radical (unpaired) electrons. The van der Waals surface area contributed by atoms with Crippen molar-refractivity contribution in [2.45, 2.75) is 24.3 Å². The van der Waals surface area contributed by atoms with E-state index in [0.717, 1.165) is 0 Å². The van der Waals surface area contributed by atoms with Gasteiger partial charge >= 0.3 is 0 Å². The first kappa shape index (κ1) is 10.8. The maximum Gasteiger partial charge on any atom is 0.252 e. The molecule has 1 aromatic carbocycles. The van der Waals surface area contributed by atoms with Crippen molar-refractivity contribution in [3.8, 4) is 5.75 Å². The number of alkyl halides is 2. The molecule has 0 bridgehead atoms. The van der Waals surface area contributed by atoms with E-state index in [2.05, 4.69) is 15.9 Å². The Morgan fingerprint density at radius 3 is 2.47 bits per heavy atom. The highest BCUT2D eigenvalue weighted by molar-refractivity contribution is 9.10. The summed E-state index contributed by atoms with van der Waals surface area (Å²) >= 11 is 3.13. The van der Waals surface area contributed by atoms with Gasteiger partial charge in [0.15, 0.2) is 0 Å². The molecule has 0 aromatic heterocycles. The molecule has 0 spiro atoms. The van der Waals surface area contributed by atoms with Gasteiger partial charge in [-0.25, -0.2) is 8.78 Å². The predicted molar refractivity (Wildman–Crippen MR) is 55.9 cm³/mol. The zero-order valence-electron chi connectivity index (χ0n) is 7.80. The Bertz CT molecular complexity index is 400. The molecular formula is C10H10BrF2NO. The molecule has 1 fully saturated rings. The summed E-state index contributed by atoms with van der Waals surface area (Å²) in [4.78, 5) is 0. The van der Waals surface area contributed by atoms with Crippen LogP contribution in [0.4, 0.5) is 8.78 Å². The zero-order valence-corrected chi connectivity index (χ0v) is 9.39. The number of aromatic hydroxyl groups is 1. The predicted octanol–water partition coefficient (Wildman–Crippen LogP) is 2.74. The number of halogens is 3. The average molecular weight is 278 g/mol. The largest absolute Gasteiger partial charge is 0.506 e. The van der Waals surface area contributed by atoms with Gasteiger partial charge in [-0.15, -0.1) is 0 Å². The van der Waals surface area contributed by atoms with E-state index in [-0.39, 0.29) is 5.75 Å². The van der Waals surface area contributed by atoms with Crippen molar-refractivity contribution in [1.82, 2.24) is 0 Å². The van der Waals surface area contributed by atoms with E-state index in [4.69, 9.17) is 5.73 Å². The highest BCUT2D eigenvalue weighted by Gasteiger charge is 2.56. The van der Waals surface area contributed by atoms with E-state index in [1.807, 2.05) is 0 Å². The monoisotopic (exact) mass is 277 g/mol. The van der Waals surface area contributed by atoms with Gasteiger partial charge in [0.2, 0.25) is 0 Å². The first-order chi connectivity index (χ1) is 6.84. The van der Waals surface area contributed by atoms with Crippen LogP contribution in [0.15, 0.2) is 22.7 Å². The summed E-state index contributed by atoms with van der Waals surface area (Å²) in [6.07, 6.45) is -0.825. The second kappa shape index (κ2) is 3.15. The molecule has 0 heterocycles. The van der Waals surface area contributed by atoms with Crippen LogP contribution in [0.25, 0.3) is 0 Å². The molecule has 1 saturated carbocycles. The van der Waals surface area contributed by atoms with Crippen molar-refractivity contribution < 1.29 is 13.9 Å². The van der Waals surface area contributed by atoms with E-state index in [9.17, 15) is 13.9 Å². The summed E-state index contributed by atoms with van der Waals surface area (Å²) in [5.41, 5.74) is 5.09. The molecule has 0 unspecified atom stereocenters. The van der Waals surface area contributed by atoms with Gasteiger partial charge in [0.1, 0.15) is 5.75 Å². The number of phenolic OH excluding ortho intramolecular Hbond substituents is 1. The van der Waals surface area contributed by atoms with E-state index in [1.54, 1.807) is 18.2 Å². The summed E-state index contributed by atoms with van der Waals surface area (Å²) in [5.74, 6) is -2.75. The molecule has 2 nitrogen and oxygen atoms in total. The minimum Gasteiger partial charge on any atom is -0.506 e. The van der Waals surface area contributed by atoms with Crippen LogP contribution in [0.1, 0.15) is 18.4 Å². The highest BCUT2D eigenvalue weighted by atomic mass is 79.9. The SMILES string of the molecule is NC1(c2cccc(Br)c2O)CC(F)(F)C1. The first-order valence-electron chi connectivity index (χ1n) is 4.49. The van der Waals surface area contributed by atoms with Crippen LogP contribution in [-0.2, 0) is 5.54 Å². The molecule has 1 aliphatic rings. The van der Waals surface area contributed by atoms with Gasteiger partial charge < -0.3 is 10.8 Å². The Kier molecular flexibility index (Phi) is 2.28. The van der Waals surface area contributed by atoms with Crippen molar-refractivity contribution in [2.75, 3.05) is 0 Å². The van der Waals surface area contributed by atoms with E-state index in [1.165, 1.54) is 0 Å². The summed E-state index contributed by atoms with van der Waals surface area (Å²) in [5, 5.41) is 9.70. The maximum absolute atomic E-state index is 12.8. The minimum atomic E-state index is -2.70. The van der Waals surface area contributed by atoms with Gasteiger partial charge in [-0.1, -0.05) is 12.1 Å². The normalized spacial score (nSPS) is 22.1. The van der Waals surface area contributed by atoms with Gasteiger partial charge in [0.25, 0.3) is 5.92 Å². The third-order valence-corrected chi connectivity index (χ3v) is 3.31. The molecule has 1 aromatic rings. The van der Waals surface area contributed by atoms with Gasteiger partial charge in [0, 0.05) is 18.4 Å². The highest BCUT2D eigenvalue weighted by Crippen LogP contribution is 2.52. The number of phenols is 1. The van der Waals surface area contributed by atoms with Crippen molar-refractivity contribution in [1.29, 1.82) is 0 Å². The molecular weight excluding hydrogens is 268 g/mol. The number of hydrogen-bond donors (Lipinski definition) is 2. The van der Waals surface area contributed by atoms with Gasteiger partial charge in [0.05, 0.1) is 10.0 Å². The van der Waals surface area contributed by atoms with Crippen molar-refractivity contribution in [2.24, 2.45) is 5.73 Å². The molecule has 0 saturated heterocycles. The molecule has 1 aliphatic carbocycles. The van der Waals surface area contributed by atoms with Crippen molar-refractivity contribution in [3.63, 3.8) is 0 Å². The fraction of sp³-hybridized carbons (Fsp3) is 0.400. The molecule has 0 amide bonds. The third kappa shape index (κ3) is 1.74. The standard InChI is InChI=1S/C10H10BrF2NO/c11-7-3-1-2-6(8(7)15)9(14)4-10(12,13)5-9/h1-3,15H,4-5,14H2. The third-order valence-electron chi connectivity index (χ3n) is 2.67. The Balaban J connectivity index is 2.36. The lowest BCUT2D eigenvalue weighted by Gasteiger charge is -2.45. The fourth-order valence-corrected chi connectivity index (χ4v) is 2.35. The van der Waals surface area contributed by atoms with Crippen LogP contribution in [0.2, 0.25) is 0 Å². The van der Waals surface area contributed by atoms with Crippen LogP contribution in [0.3, 0.4) is 0 Å². The average Bonchev–Trinajstić information content (AvgIpc) is 2.05. The van der Waals surface area contributed by atoms with Crippen LogP contribution in [0.5, 0.6) is 5.75 Å². The summed E-state index contributed by atoms with van der Waals surface area (Å²) in [6.45, 7) is 0. The summed E-state index contributed by atoms with van der Waals surface area (Å²) < 4.78 is 26.0. The van der Waals surface area contributed by atoms with Crippen LogP contribution in [-0.4, -0.2) is 11.0 Å². The van der Waals surface area contributed by atoms with Crippen LogP contribution >= 0.6 is 15.9 Å². The summed E-state index contributed by atoms with van der Waals surface area (Å²) in [7, 11) is 0. The smallest absolute Gasteiger partial charge is 0.252 e. The fourth-order valence-electron chi connectivity index (χ4n) is 1.98. The number of para-hydroxylation sites is 1. The molecule has 82 valence electrons. The quantitative estimate of drug-likeness (QED) is 0.829. The van der Waals surface area contributed by atoms with Gasteiger partial charge in [-0.2, -0.15) is 0 Å². The summed E-state index contributed by atoms with van der Waals surface area (Å²) in [6, 6.07) is 4.89. The Hall–Kier alpha value is -0.680. The minimum absolute atomic E-state index is 0.0458. The molecule has 2 rings (SSSR count). The second-order valence-electron chi connectivity index (χ2n) is 4.00. The van der Waals surface area contributed by atoms with Gasteiger partial charge in [-0.05, 0) is 22.0 Å². The Morgan fingerprint density at radius 2 is 1.93 bits per heavy atom. The lowest BCUT2D eigenvalue weighted by Crippen LogP contribution is -2.55. The van der Waals surface area contributed by atoms with Crippen molar-refractivity contribution >= 4 is 15.9 Å². The zero-order chi connectivity index (χ0) is 11.3. The second-order valence-corrected chi connectivity index (χ2v) is 4.86. The van der Waals surface area contributed by atoms with Crippen LogP contribution < -0.4 is 5.73 Å². The molecule has 3 N–H and O–H groups in total. The number of hydrogen-bond acceptors (Lipinski definition) is 2. The van der Waals surface area contributed by atoms with Gasteiger partial charge in [-0.3, -0.25) is 0 Å². The first-order valence-corrected chi connectivity index (χ1v) is 5.28. The number of benzene rings is 1. The molecule has 0 atom stereocenters. The van der Waals surface area contributed by atoms with E-state index in [0.29, 0.717) is 10.0 Å². The molecule has 0 aliphatic heterocycles. The molecule has 5 heteroatoms. The number of nitrogens with two attached hydrogens (primary N) is 1. The van der Waals surface area contributed by atoms with E-state index < -0.39 is 24.3 Å². The topological polar surface area (TPSA) is 46.2 Å². The lowest BCUT2D eigenvalue weighted by atomic mass is 9.69. The van der Waals surface area contributed by atoms with Crippen molar-refractivity contribution in [3.05, 3.63) is 28.2 Å². The van der Waals surface area contributed by atoms with E-state index >= 15 is 0 Å².